The lowest BCUT2D eigenvalue weighted by Crippen LogP contribution is -1.97. The zero-order valence-electron chi connectivity index (χ0n) is 12.9. The standard InChI is InChI=1S/C17H17N5/c1-12-9-10-16(13(2)11-12)18-19-17-14(3)20-22(21-17)15-7-5-4-6-8-15/h4-11H,1-3H3/b19-18+. The molecule has 5 heteroatoms. The molecule has 0 aliphatic heterocycles. The van der Waals surface area contributed by atoms with Crippen LogP contribution in [0.2, 0.25) is 0 Å². The molecule has 0 amide bonds. The Labute approximate surface area is 129 Å². The number of rotatable bonds is 3. The van der Waals surface area contributed by atoms with Crippen LogP contribution in [0.25, 0.3) is 5.69 Å². The Bertz CT molecular complexity index is 818. The molecule has 0 radical (unpaired) electrons. The first kappa shape index (κ1) is 14.1. The van der Waals surface area contributed by atoms with Crippen LogP contribution in [0, 0.1) is 20.8 Å². The average Bonchev–Trinajstić information content (AvgIpc) is 2.88. The summed E-state index contributed by atoms with van der Waals surface area (Å²) < 4.78 is 0. The Morgan fingerprint density at radius 1 is 0.864 bits per heavy atom. The van der Waals surface area contributed by atoms with Crippen LogP contribution < -0.4 is 0 Å². The normalized spacial score (nSPS) is 11.2. The van der Waals surface area contributed by atoms with Gasteiger partial charge in [-0.15, -0.1) is 20.1 Å². The van der Waals surface area contributed by atoms with E-state index in [2.05, 4.69) is 33.4 Å². The Balaban J connectivity index is 1.90. The van der Waals surface area contributed by atoms with Crippen molar-refractivity contribution in [1.82, 2.24) is 15.0 Å². The summed E-state index contributed by atoms with van der Waals surface area (Å²) in [4.78, 5) is 1.58. The molecule has 0 spiro atoms. The van der Waals surface area contributed by atoms with Gasteiger partial charge in [0.25, 0.3) is 0 Å². The van der Waals surface area contributed by atoms with Gasteiger partial charge in [0, 0.05) is 0 Å². The first-order chi connectivity index (χ1) is 10.6. The Kier molecular flexibility index (Phi) is 3.78. The Hall–Kier alpha value is -2.82. The van der Waals surface area contributed by atoms with Gasteiger partial charge in [0.15, 0.2) is 0 Å². The van der Waals surface area contributed by atoms with Crippen LogP contribution in [-0.2, 0) is 0 Å². The van der Waals surface area contributed by atoms with E-state index in [1.54, 1.807) is 4.80 Å². The van der Waals surface area contributed by atoms with Crippen molar-refractivity contribution in [2.45, 2.75) is 20.8 Å². The van der Waals surface area contributed by atoms with Gasteiger partial charge in [0.05, 0.1) is 11.4 Å². The first-order valence-corrected chi connectivity index (χ1v) is 7.12. The van der Waals surface area contributed by atoms with Gasteiger partial charge >= 0.3 is 0 Å². The summed E-state index contributed by atoms with van der Waals surface area (Å²) in [6.45, 7) is 5.96. The predicted octanol–water partition coefficient (Wildman–Crippen LogP) is 4.61. The van der Waals surface area contributed by atoms with Crippen molar-refractivity contribution >= 4 is 11.5 Å². The number of aryl methyl sites for hydroxylation is 3. The van der Waals surface area contributed by atoms with Crippen LogP contribution in [-0.4, -0.2) is 15.0 Å². The van der Waals surface area contributed by atoms with Gasteiger partial charge in [0.2, 0.25) is 5.82 Å². The van der Waals surface area contributed by atoms with Crippen molar-refractivity contribution in [3.8, 4) is 5.69 Å². The van der Waals surface area contributed by atoms with E-state index in [1.165, 1.54) is 5.56 Å². The minimum Gasteiger partial charge on any atom is -0.151 e. The second-order valence-electron chi connectivity index (χ2n) is 5.22. The molecule has 0 saturated carbocycles. The molecule has 110 valence electrons. The van der Waals surface area contributed by atoms with E-state index in [4.69, 9.17) is 0 Å². The van der Waals surface area contributed by atoms with Gasteiger partial charge in [-0.05, 0) is 44.5 Å². The highest BCUT2D eigenvalue weighted by Gasteiger charge is 2.07. The van der Waals surface area contributed by atoms with Crippen LogP contribution in [0.4, 0.5) is 11.5 Å². The number of nitrogens with zero attached hydrogens (tertiary/aromatic N) is 5. The summed E-state index contributed by atoms with van der Waals surface area (Å²) in [6, 6.07) is 15.8. The molecular formula is C17H17N5. The molecule has 1 aromatic heterocycles. The fourth-order valence-corrected chi connectivity index (χ4v) is 2.16. The van der Waals surface area contributed by atoms with Crippen molar-refractivity contribution in [2.75, 3.05) is 0 Å². The van der Waals surface area contributed by atoms with Crippen molar-refractivity contribution in [3.63, 3.8) is 0 Å². The van der Waals surface area contributed by atoms with E-state index in [0.29, 0.717) is 5.82 Å². The lowest BCUT2D eigenvalue weighted by molar-refractivity contribution is 0.745. The molecule has 22 heavy (non-hydrogen) atoms. The number of aromatic nitrogens is 3. The van der Waals surface area contributed by atoms with E-state index >= 15 is 0 Å². The summed E-state index contributed by atoms with van der Waals surface area (Å²) in [5, 5.41) is 17.3. The number of azo groups is 1. The molecule has 0 fully saturated rings. The third kappa shape index (κ3) is 2.93. The van der Waals surface area contributed by atoms with Crippen LogP contribution in [0.3, 0.4) is 0 Å². The van der Waals surface area contributed by atoms with Crippen LogP contribution in [0.5, 0.6) is 0 Å². The summed E-state index contributed by atoms with van der Waals surface area (Å²) >= 11 is 0. The molecule has 0 aliphatic rings. The Morgan fingerprint density at radius 3 is 2.36 bits per heavy atom. The molecule has 0 N–H and O–H groups in total. The molecule has 3 rings (SSSR count). The number of benzene rings is 2. The molecule has 0 aliphatic carbocycles. The third-order valence-electron chi connectivity index (χ3n) is 3.35. The van der Waals surface area contributed by atoms with Crippen LogP contribution in [0.15, 0.2) is 58.8 Å². The zero-order valence-corrected chi connectivity index (χ0v) is 12.9. The fourth-order valence-electron chi connectivity index (χ4n) is 2.16. The highest BCUT2D eigenvalue weighted by Crippen LogP contribution is 2.23. The maximum atomic E-state index is 4.39. The molecule has 5 nitrogen and oxygen atoms in total. The van der Waals surface area contributed by atoms with E-state index in [-0.39, 0.29) is 0 Å². The second kappa shape index (κ2) is 5.89. The van der Waals surface area contributed by atoms with Crippen LogP contribution in [0.1, 0.15) is 16.8 Å². The minimum absolute atomic E-state index is 0.531. The molecule has 0 saturated heterocycles. The van der Waals surface area contributed by atoms with E-state index in [0.717, 1.165) is 22.6 Å². The molecular weight excluding hydrogens is 274 g/mol. The van der Waals surface area contributed by atoms with Crippen molar-refractivity contribution in [3.05, 3.63) is 65.4 Å². The van der Waals surface area contributed by atoms with Gasteiger partial charge < -0.3 is 0 Å². The van der Waals surface area contributed by atoms with Gasteiger partial charge in [-0.1, -0.05) is 35.9 Å². The van der Waals surface area contributed by atoms with Gasteiger partial charge in [-0.2, -0.15) is 5.10 Å². The summed E-state index contributed by atoms with van der Waals surface area (Å²) in [7, 11) is 0. The Morgan fingerprint density at radius 2 is 1.64 bits per heavy atom. The highest BCUT2D eigenvalue weighted by molar-refractivity contribution is 5.47. The second-order valence-corrected chi connectivity index (χ2v) is 5.22. The highest BCUT2D eigenvalue weighted by atomic mass is 15.5. The topological polar surface area (TPSA) is 55.4 Å². The van der Waals surface area contributed by atoms with Crippen molar-refractivity contribution < 1.29 is 0 Å². The largest absolute Gasteiger partial charge is 0.219 e. The molecule has 0 atom stereocenters. The van der Waals surface area contributed by atoms with Crippen LogP contribution >= 0.6 is 0 Å². The number of para-hydroxylation sites is 1. The fraction of sp³-hybridized carbons (Fsp3) is 0.176. The van der Waals surface area contributed by atoms with Crippen molar-refractivity contribution in [1.29, 1.82) is 0 Å². The number of hydrogen-bond donors (Lipinski definition) is 0. The van der Waals surface area contributed by atoms with Crippen molar-refractivity contribution in [2.24, 2.45) is 10.2 Å². The van der Waals surface area contributed by atoms with Gasteiger partial charge in [-0.25, -0.2) is 0 Å². The SMILES string of the molecule is Cc1ccc(/N=N/c2nn(-c3ccccc3)nc2C)c(C)c1. The quantitative estimate of drug-likeness (QED) is 0.662. The first-order valence-electron chi connectivity index (χ1n) is 7.12. The third-order valence-corrected chi connectivity index (χ3v) is 3.35. The van der Waals surface area contributed by atoms with E-state index < -0.39 is 0 Å². The summed E-state index contributed by atoms with van der Waals surface area (Å²) in [5.74, 6) is 0.531. The molecule has 0 unspecified atom stereocenters. The lowest BCUT2D eigenvalue weighted by atomic mass is 10.1. The molecule has 1 heterocycles. The predicted molar refractivity (Wildman–Crippen MR) is 86.2 cm³/mol. The molecule has 3 aromatic rings. The zero-order chi connectivity index (χ0) is 15.5. The molecule has 2 aromatic carbocycles. The smallest absolute Gasteiger partial charge is 0.151 e. The average molecular weight is 291 g/mol. The van der Waals surface area contributed by atoms with E-state index in [9.17, 15) is 0 Å². The van der Waals surface area contributed by atoms with Gasteiger partial charge in [0.1, 0.15) is 5.69 Å². The number of hydrogen-bond acceptors (Lipinski definition) is 4. The maximum absolute atomic E-state index is 4.39. The molecule has 0 bridgehead atoms. The van der Waals surface area contributed by atoms with E-state index in [1.807, 2.05) is 56.3 Å². The summed E-state index contributed by atoms with van der Waals surface area (Å²) in [6.07, 6.45) is 0. The van der Waals surface area contributed by atoms with Gasteiger partial charge in [-0.3, -0.25) is 0 Å². The lowest BCUT2D eigenvalue weighted by Gasteiger charge is -1.99. The minimum atomic E-state index is 0.531. The monoisotopic (exact) mass is 291 g/mol. The summed E-state index contributed by atoms with van der Waals surface area (Å²) in [5.41, 5.74) is 4.80. The maximum Gasteiger partial charge on any atom is 0.219 e.